The molecule has 0 unspecified atom stereocenters. The lowest BCUT2D eigenvalue weighted by Gasteiger charge is -2.46. The predicted molar refractivity (Wildman–Crippen MR) is 55.9 cm³/mol. The Morgan fingerprint density at radius 2 is 2.12 bits per heavy atom. The van der Waals surface area contributed by atoms with Crippen molar-refractivity contribution in [2.45, 2.75) is 24.2 Å². The van der Waals surface area contributed by atoms with Gasteiger partial charge in [0, 0.05) is 35.7 Å². The minimum Gasteiger partial charge on any atom is -0.330 e. The van der Waals surface area contributed by atoms with Gasteiger partial charge in [-0.15, -0.1) is 0 Å². The van der Waals surface area contributed by atoms with E-state index >= 15 is 0 Å². The molecule has 0 amide bonds. The third-order valence-corrected chi connectivity index (χ3v) is 4.16. The molecule has 0 bridgehead atoms. The fourth-order valence-electron chi connectivity index (χ4n) is 2.07. The number of nitrogens with zero attached hydrogens (tertiary/aromatic N) is 1. The van der Waals surface area contributed by atoms with Crippen molar-refractivity contribution in [3.8, 4) is 0 Å². The molecule has 1 aliphatic carbocycles. The highest BCUT2D eigenvalue weighted by Crippen LogP contribution is 2.54. The average Bonchev–Trinajstić information content (AvgIpc) is 2.62. The third-order valence-electron chi connectivity index (χ3n) is 2.88. The molecule has 0 aromatic carbocycles. The molecule has 0 radical (unpaired) electrons. The highest BCUT2D eigenvalue weighted by atomic mass is 32.1. The summed E-state index contributed by atoms with van der Waals surface area (Å²) in [6, 6.07) is 2.87. The highest BCUT2D eigenvalue weighted by molar-refractivity contribution is 7.15. The molecule has 1 aliphatic rings. The van der Waals surface area contributed by atoms with Crippen molar-refractivity contribution < 1.29 is 13.7 Å². The van der Waals surface area contributed by atoms with Gasteiger partial charge in [-0.25, -0.2) is 8.78 Å². The number of alkyl halides is 2. The fraction of sp³-hybridized carbons (Fsp3) is 0.556. The number of rotatable bonds is 3. The van der Waals surface area contributed by atoms with E-state index in [1.807, 2.05) is 0 Å². The zero-order chi connectivity index (χ0) is 12.0. The lowest BCUT2D eigenvalue weighted by Crippen LogP contribution is -2.53. The van der Waals surface area contributed by atoms with Crippen LogP contribution in [0.15, 0.2) is 12.1 Å². The Bertz CT molecular complexity index is 425. The Hall–Kier alpha value is -1.08. The normalized spacial score (nSPS) is 21.4. The van der Waals surface area contributed by atoms with E-state index in [0.29, 0.717) is 4.88 Å². The molecule has 1 fully saturated rings. The fourth-order valence-corrected chi connectivity index (χ4v) is 3.08. The van der Waals surface area contributed by atoms with Gasteiger partial charge in [-0.05, 0) is 6.07 Å². The van der Waals surface area contributed by atoms with Gasteiger partial charge < -0.3 is 5.73 Å². The van der Waals surface area contributed by atoms with Crippen molar-refractivity contribution in [2.24, 2.45) is 5.73 Å². The third kappa shape index (κ3) is 1.69. The van der Waals surface area contributed by atoms with E-state index in [0.717, 1.165) is 11.3 Å². The Balaban J connectivity index is 2.25. The molecule has 1 aromatic rings. The summed E-state index contributed by atoms with van der Waals surface area (Å²) in [5.74, 6) is -2.68. The van der Waals surface area contributed by atoms with E-state index in [2.05, 4.69) is 0 Å². The van der Waals surface area contributed by atoms with Crippen molar-refractivity contribution in [3.63, 3.8) is 0 Å². The van der Waals surface area contributed by atoms with E-state index in [4.69, 9.17) is 5.73 Å². The van der Waals surface area contributed by atoms with Gasteiger partial charge in [-0.3, -0.25) is 10.1 Å². The molecule has 1 aromatic heterocycles. The first-order valence-electron chi connectivity index (χ1n) is 4.71. The quantitative estimate of drug-likeness (QED) is 0.659. The Morgan fingerprint density at radius 3 is 2.50 bits per heavy atom. The zero-order valence-corrected chi connectivity index (χ0v) is 9.10. The van der Waals surface area contributed by atoms with Crippen LogP contribution in [-0.2, 0) is 5.41 Å². The summed E-state index contributed by atoms with van der Waals surface area (Å²) in [7, 11) is 0. The first-order chi connectivity index (χ1) is 7.38. The van der Waals surface area contributed by atoms with Gasteiger partial charge in [-0.2, -0.15) is 0 Å². The van der Waals surface area contributed by atoms with Crippen molar-refractivity contribution in [3.05, 3.63) is 27.1 Å². The van der Waals surface area contributed by atoms with Crippen LogP contribution in [0.1, 0.15) is 17.7 Å². The number of hydrogen-bond acceptors (Lipinski definition) is 4. The Morgan fingerprint density at radius 1 is 1.50 bits per heavy atom. The molecule has 0 aliphatic heterocycles. The molecule has 0 atom stereocenters. The van der Waals surface area contributed by atoms with Crippen molar-refractivity contribution in [1.82, 2.24) is 0 Å². The molecule has 0 saturated heterocycles. The smallest absolute Gasteiger partial charge is 0.324 e. The zero-order valence-electron chi connectivity index (χ0n) is 8.28. The van der Waals surface area contributed by atoms with Crippen LogP contribution in [-0.4, -0.2) is 17.4 Å². The second kappa shape index (κ2) is 3.46. The van der Waals surface area contributed by atoms with Crippen LogP contribution in [0, 0.1) is 10.1 Å². The molecule has 1 heterocycles. The van der Waals surface area contributed by atoms with E-state index in [-0.39, 0.29) is 24.4 Å². The predicted octanol–water partition coefficient (Wildman–Crippen LogP) is 2.28. The monoisotopic (exact) mass is 248 g/mol. The Kier molecular flexibility index (Phi) is 2.47. The van der Waals surface area contributed by atoms with Gasteiger partial charge in [0.05, 0.1) is 4.92 Å². The van der Waals surface area contributed by atoms with Crippen molar-refractivity contribution >= 4 is 16.3 Å². The second-order valence-electron chi connectivity index (χ2n) is 4.09. The SMILES string of the molecule is NCC1(c2ccc([N+](=O)[O-])s2)CC(F)(F)C1. The number of thiophene rings is 1. The summed E-state index contributed by atoms with van der Waals surface area (Å²) in [6.45, 7) is 0.0975. The summed E-state index contributed by atoms with van der Waals surface area (Å²) in [5, 5.41) is 10.5. The van der Waals surface area contributed by atoms with Crippen LogP contribution in [0.3, 0.4) is 0 Å². The number of nitrogens with two attached hydrogens (primary N) is 1. The van der Waals surface area contributed by atoms with Crippen molar-refractivity contribution in [2.75, 3.05) is 6.54 Å². The maximum Gasteiger partial charge on any atom is 0.324 e. The summed E-state index contributed by atoms with van der Waals surface area (Å²) >= 11 is 0.937. The van der Waals surface area contributed by atoms with Gasteiger partial charge in [0.1, 0.15) is 0 Å². The molecular weight excluding hydrogens is 238 g/mol. The molecular formula is C9H10F2N2O2S. The average molecular weight is 248 g/mol. The topological polar surface area (TPSA) is 69.2 Å². The first-order valence-corrected chi connectivity index (χ1v) is 5.53. The molecule has 1 saturated carbocycles. The van der Waals surface area contributed by atoms with Gasteiger partial charge >= 0.3 is 5.00 Å². The van der Waals surface area contributed by atoms with Gasteiger partial charge in [0.2, 0.25) is 5.92 Å². The maximum absolute atomic E-state index is 12.9. The number of hydrogen-bond donors (Lipinski definition) is 1. The van der Waals surface area contributed by atoms with Crippen LogP contribution < -0.4 is 5.73 Å². The maximum atomic E-state index is 12.9. The van der Waals surface area contributed by atoms with E-state index in [9.17, 15) is 18.9 Å². The van der Waals surface area contributed by atoms with Gasteiger partial charge in [0.15, 0.2) is 0 Å². The first kappa shape index (κ1) is 11.4. The van der Waals surface area contributed by atoms with E-state index in [1.54, 1.807) is 0 Å². The minimum absolute atomic E-state index is 0.0296. The lowest BCUT2D eigenvalue weighted by molar-refractivity contribution is -0.380. The molecule has 88 valence electrons. The lowest BCUT2D eigenvalue weighted by atomic mass is 9.65. The van der Waals surface area contributed by atoms with E-state index in [1.165, 1.54) is 12.1 Å². The van der Waals surface area contributed by atoms with Crippen LogP contribution >= 0.6 is 11.3 Å². The Labute approximate surface area is 94.2 Å². The van der Waals surface area contributed by atoms with Crippen LogP contribution in [0.25, 0.3) is 0 Å². The molecule has 0 spiro atoms. The van der Waals surface area contributed by atoms with Crippen LogP contribution in [0.2, 0.25) is 0 Å². The molecule has 2 rings (SSSR count). The number of halogens is 2. The summed E-state index contributed by atoms with van der Waals surface area (Å²) < 4.78 is 25.8. The summed E-state index contributed by atoms with van der Waals surface area (Å²) in [6.07, 6.45) is -0.623. The molecule has 16 heavy (non-hydrogen) atoms. The largest absolute Gasteiger partial charge is 0.330 e. The highest BCUT2D eigenvalue weighted by Gasteiger charge is 2.57. The van der Waals surface area contributed by atoms with Crippen LogP contribution in [0.5, 0.6) is 0 Å². The summed E-state index contributed by atoms with van der Waals surface area (Å²) in [5.41, 5.74) is 4.75. The van der Waals surface area contributed by atoms with E-state index < -0.39 is 16.3 Å². The number of nitro groups is 1. The second-order valence-corrected chi connectivity index (χ2v) is 5.15. The summed E-state index contributed by atoms with van der Waals surface area (Å²) in [4.78, 5) is 10.6. The molecule has 4 nitrogen and oxygen atoms in total. The van der Waals surface area contributed by atoms with Crippen molar-refractivity contribution in [1.29, 1.82) is 0 Å². The standard InChI is InChI=1S/C9H10F2N2O2S/c10-9(11)3-8(4-9,5-12)6-1-2-7(16-6)13(14)15/h1-2H,3-5,12H2. The molecule has 7 heteroatoms. The van der Waals surface area contributed by atoms with Gasteiger partial charge in [0.25, 0.3) is 0 Å². The van der Waals surface area contributed by atoms with Gasteiger partial charge in [-0.1, -0.05) is 11.3 Å². The van der Waals surface area contributed by atoms with Crippen LogP contribution in [0.4, 0.5) is 13.8 Å². The minimum atomic E-state index is -2.68. The molecule has 2 N–H and O–H groups in total.